The van der Waals surface area contributed by atoms with Gasteiger partial charge in [-0.05, 0) is 24.6 Å². The number of hydrogen-bond donors (Lipinski definition) is 1. The first-order valence-electron chi connectivity index (χ1n) is 6.56. The molecule has 0 fully saturated rings. The number of carbonyl (C=O) groups is 2. The molecule has 1 aromatic heterocycles. The van der Waals surface area contributed by atoms with Crippen LogP contribution < -0.4 is 5.32 Å². The lowest BCUT2D eigenvalue weighted by Gasteiger charge is -2.06. The molecule has 0 bridgehead atoms. The van der Waals surface area contributed by atoms with E-state index in [9.17, 15) is 9.59 Å². The fourth-order valence-electron chi connectivity index (χ4n) is 1.77. The predicted molar refractivity (Wildman–Crippen MR) is 77.3 cm³/mol. The van der Waals surface area contributed by atoms with Crippen molar-refractivity contribution in [1.82, 2.24) is 5.16 Å². The number of carbonyl (C=O) groups excluding carboxylic acids is 2. The second kappa shape index (κ2) is 7.37. The molecule has 0 radical (unpaired) electrons. The standard InChI is InChI=1S/C15H16N2O5/c1-10-6-13(17-22-10)16-14(18)9-21-15(19)12-5-3-4-11(7-12)8-20-2/h3-7H,8-9H2,1-2H3,(H,16,17,18). The van der Waals surface area contributed by atoms with Crippen LogP contribution in [0.2, 0.25) is 0 Å². The van der Waals surface area contributed by atoms with Gasteiger partial charge in [0.25, 0.3) is 5.91 Å². The Morgan fingerprint density at radius 3 is 2.82 bits per heavy atom. The van der Waals surface area contributed by atoms with E-state index in [0.717, 1.165) is 5.56 Å². The quantitative estimate of drug-likeness (QED) is 0.820. The summed E-state index contributed by atoms with van der Waals surface area (Å²) < 4.78 is 14.8. The molecule has 7 nitrogen and oxygen atoms in total. The topological polar surface area (TPSA) is 90.7 Å². The average Bonchev–Trinajstić information content (AvgIpc) is 2.90. The van der Waals surface area contributed by atoms with E-state index in [1.807, 2.05) is 6.07 Å². The molecule has 1 heterocycles. The van der Waals surface area contributed by atoms with Crippen molar-refractivity contribution in [2.45, 2.75) is 13.5 Å². The number of hydrogen-bond acceptors (Lipinski definition) is 6. The molecule has 7 heteroatoms. The molecule has 0 saturated heterocycles. The molecule has 1 amide bonds. The van der Waals surface area contributed by atoms with Gasteiger partial charge in [-0.15, -0.1) is 0 Å². The summed E-state index contributed by atoms with van der Waals surface area (Å²) in [5, 5.41) is 6.07. The van der Waals surface area contributed by atoms with Crippen LogP contribution in [0.1, 0.15) is 21.7 Å². The number of anilines is 1. The number of nitrogens with zero attached hydrogens (tertiary/aromatic N) is 1. The maximum Gasteiger partial charge on any atom is 0.338 e. The number of aryl methyl sites for hydroxylation is 1. The van der Waals surface area contributed by atoms with E-state index in [-0.39, 0.29) is 5.82 Å². The van der Waals surface area contributed by atoms with Crippen molar-refractivity contribution in [2.75, 3.05) is 19.0 Å². The summed E-state index contributed by atoms with van der Waals surface area (Å²) in [6, 6.07) is 8.39. The molecule has 0 saturated carbocycles. The minimum Gasteiger partial charge on any atom is -0.452 e. The zero-order valence-corrected chi connectivity index (χ0v) is 12.3. The smallest absolute Gasteiger partial charge is 0.338 e. The highest BCUT2D eigenvalue weighted by Gasteiger charge is 2.12. The summed E-state index contributed by atoms with van der Waals surface area (Å²) in [5.74, 6) is -0.220. The molecule has 116 valence electrons. The molecule has 2 rings (SSSR count). The summed E-state index contributed by atoms with van der Waals surface area (Å²) in [6.45, 7) is 1.70. The highest BCUT2D eigenvalue weighted by atomic mass is 16.5. The Labute approximate surface area is 127 Å². The lowest BCUT2D eigenvalue weighted by molar-refractivity contribution is -0.119. The van der Waals surface area contributed by atoms with Crippen LogP contribution in [0.25, 0.3) is 0 Å². The average molecular weight is 304 g/mol. The third-order valence-corrected chi connectivity index (χ3v) is 2.70. The highest BCUT2D eigenvalue weighted by Crippen LogP contribution is 2.09. The fraction of sp³-hybridized carbons (Fsp3) is 0.267. The maximum atomic E-state index is 11.9. The van der Waals surface area contributed by atoms with E-state index < -0.39 is 18.5 Å². The fourth-order valence-corrected chi connectivity index (χ4v) is 1.77. The van der Waals surface area contributed by atoms with Gasteiger partial charge in [-0.25, -0.2) is 4.79 Å². The molecule has 0 aliphatic rings. The van der Waals surface area contributed by atoms with E-state index in [1.54, 1.807) is 38.3 Å². The molecule has 0 aliphatic carbocycles. The third kappa shape index (κ3) is 4.42. The molecular formula is C15H16N2O5. The van der Waals surface area contributed by atoms with E-state index >= 15 is 0 Å². The van der Waals surface area contributed by atoms with Gasteiger partial charge in [0.2, 0.25) is 0 Å². The van der Waals surface area contributed by atoms with Crippen molar-refractivity contribution in [1.29, 1.82) is 0 Å². The molecule has 0 aliphatic heterocycles. The molecule has 0 unspecified atom stereocenters. The summed E-state index contributed by atoms with van der Waals surface area (Å²) in [7, 11) is 1.57. The van der Waals surface area contributed by atoms with Gasteiger partial charge in [-0.2, -0.15) is 0 Å². The van der Waals surface area contributed by atoms with Crippen LogP contribution in [0, 0.1) is 6.92 Å². The van der Waals surface area contributed by atoms with Crippen LogP contribution >= 0.6 is 0 Å². The molecular weight excluding hydrogens is 288 g/mol. The zero-order valence-electron chi connectivity index (χ0n) is 12.3. The van der Waals surface area contributed by atoms with Gasteiger partial charge in [0.15, 0.2) is 12.4 Å². The Morgan fingerprint density at radius 1 is 1.32 bits per heavy atom. The first-order chi connectivity index (χ1) is 10.6. The van der Waals surface area contributed by atoms with E-state index in [0.29, 0.717) is 17.9 Å². The third-order valence-electron chi connectivity index (χ3n) is 2.70. The van der Waals surface area contributed by atoms with Gasteiger partial charge < -0.3 is 19.3 Å². The number of rotatable bonds is 6. The molecule has 22 heavy (non-hydrogen) atoms. The molecule has 0 atom stereocenters. The van der Waals surface area contributed by atoms with Crippen LogP contribution in [0.5, 0.6) is 0 Å². The Balaban J connectivity index is 1.86. The minimum absolute atomic E-state index is 0.278. The van der Waals surface area contributed by atoms with Crippen LogP contribution in [0.4, 0.5) is 5.82 Å². The lowest BCUT2D eigenvalue weighted by Crippen LogP contribution is -2.21. The summed E-state index contributed by atoms with van der Waals surface area (Å²) in [4.78, 5) is 23.5. The van der Waals surface area contributed by atoms with Crippen LogP contribution in [0.3, 0.4) is 0 Å². The number of amides is 1. The number of benzene rings is 1. The number of esters is 1. The van der Waals surface area contributed by atoms with Gasteiger partial charge in [0.05, 0.1) is 12.2 Å². The van der Waals surface area contributed by atoms with Crippen molar-refractivity contribution < 1.29 is 23.6 Å². The van der Waals surface area contributed by atoms with Gasteiger partial charge in [0.1, 0.15) is 5.76 Å². The zero-order chi connectivity index (χ0) is 15.9. The van der Waals surface area contributed by atoms with Gasteiger partial charge >= 0.3 is 5.97 Å². The van der Waals surface area contributed by atoms with Crippen molar-refractivity contribution in [3.8, 4) is 0 Å². The van der Waals surface area contributed by atoms with Gasteiger partial charge in [-0.3, -0.25) is 4.79 Å². The first kappa shape index (κ1) is 15.7. The van der Waals surface area contributed by atoms with Crippen molar-refractivity contribution >= 4 is 17.7 Å². The second-order valence-corrected chi connectivity index (χ2v) is 4.58. The van der Waals surface area contributed by atoms with Crippen molar-refractivity contribution in [3.05, 3.63) is 47.2 Å². The Morgan fingerprint density at radius 2 is 2.14 bits per heavy atom. The van der Waals surface area contributed by atoms with Gasteiger partial charge in [-0.1, -0.05) is 17.3 Å². The molecule has 1 N–H and O–H groups in total. The second-order valence-electron chi connectivity index (χ2n) is 4.58. The van der Waals surface area contributed by atoms with E-state index in [4.69, 9.17) is 14.0 Å². The monoisotopic (exact) mass is 304 g/mol. The Kier molecular flexibility index (Phi) is 5.26. The first-order valence-corrected chi connectivity index (χ1v) is 6.56. The van der Waals surface area contributed by atoms with Gasteiger partial charge in [0, 0.05) is 13.2 Å². The maximum absolute atomic E-state index is 11.9. The largest absolute Gasteiger partial charge is 0.452 e. The summed E-state index contributed by atoms with van der Waals surface area (Å²) in [6.07, 6.45) is 0. The summed E-state index contributed by atoms with van der Waals surface area (Å²) in [5.41, 5.74) is 1.21. The normalized spacial score (nSPS) is 10.3. The van der Waals surface area contributed by atoms with E-state index in [1.165, 1.54) is 0 Å². The molecule has 1 aromatic carbocycles. The summed E-state index contributed by atoms with van der Waals surface area (Å²) >= 11 is 0. The number of aromatic nitrogens is 1. The number of methoxy groups -OCH3 is 1. The molecule has 2 aromatic rings. The highest BCUT2D eigenvalue weighted by molar-refractivity contribution is 5.95. The van der Waals surface area contributed by atoms with Crippen LogP contribution in [-0.4, -0.2) is 30.7 Å². The predicted octanol–water partition coefficient (Wildman–Crippen LogP) is 1.92. The Bertz CT molecular complexity index is 665. The number of nitrogens with one attached hydrogen (secondary N) is 1. The lowest BCUT2D eigenvalue weighted by atomic mass is 10.1. The minimum atomic E-state index is -0.579. The van der Waals surface area contributed by atoms with E-state index in [2.05, 4.69) is 10.5 Å². The van der Waals surface area contributed by atoms with Crippen LogP contribution in [-0.2, 0) is 20.9 Å². The van der Waals surface area contributed by atoms with Crippen molar-refractivity contribution in [3.63, 3.8) is 0 Å². The molecule has 0 spiro atoms. The van der Waals surface area contributed by atoms with Crippen LogP contribution in [0.15, 0.2) is 34.9 Å². The van der Waals surface area contributed by atoms with Crippen molar-refractivity contribution in [2.24, 2.45) is 0 Å². The Hall–Kier alpha value is -2.67. The number of ether oxygens (including phenoxy) is 2. The SMILES string of the molecule is COCc1cccc(C(=O)OCC(=O)Nc2cc(C)on2)c1.